The van der Waals surface area contributed by atoms with Gasteiger partial charge in [-0.3, -0.25) is 0 Å². The Kier molecular flexibility index (Phi) is 4.20. The Hall–Kier alpha value is -3.72. The molecule has 0 fully saturated rings. The van der Waals surface area contributed by atoms with E-state index in [0.29, 0.717) is 5.58 Å². The summed E-state index contributed by atoms with van der Waals surface area (Å²) in [6, 6.07) is 26.2. The Bertz CT molecular complexity index is 1480. The van der Waals surface area contributed by atoms with Gasteiger partial charge in [-0.1, -0.05) is 60.7 Å². The van der Waals surface area contributed by atoms with E-state index in [2.05, 4.69) is 30.3 Å². The van der Waals surface area contributed by atoms with Crippen LogP contribution in [0.25, 0.3) is 44.3 Å². The summed E-state index contributed by atoms with van der Waals surface area (Å²) in [4.78, 5) is 17.4. The number of rotatable bonds is 2. The number of hydrogen-bond acceptors (Lipinski definition) is 3. The topological polar surface area (TPSA) is 43.1 Å². The van der Waals surface area contributed by atoms with Crippen LogP contribution < -0.4 is 5.63 Å². The first-order valence-electron chi connectivity index (χ1n) is 10.8. The molecule has 0 saturated heterocycles. The van der Waals surface area contributed by atoms with Gasteiger partial charge < -0.3 is 4.42 Å². The molecule has 0 spiro atoms. The minimum absolute atomic E-state index is 0.323. The van der Waals surface area contributed by atoms with Gasteiger partial charge in [-0.15, -0.1) is 0 Å². The minimum atomic E-state index is -0.323. The van der Waals surface area contributed by atoms with Crippen LogP contribution in [-0.2, 0) is 12.8 Å². The molecule has 150 valence electrons. The number of aryl methyl sites for hydroxylation is 2. The monoisotopic (exact) mass is 403 g/mol. The van der Waals surface area contributed by atoms with Crippen molar-refractivity contribution in [2.24, 2.45) is 0 Å². The Labute approximate surface area is 180 Å². The minimum Gasteiger partial charge on any atom is -0.422 e. The zero-order chi connectivity index (χ0) is 20.8. The van der Waals surface area contributed by atoms with Crippen molar-refractivity contribution in [3.05, 3.63) is 100 Å². The van der Waals surface area contributed by atoms with E-state index in [0.717, 1.165) is 64.4 Å². The Morgan fingerprint density at radius 2 is 1.42 bits per heavy atom. The van der Waals surface area contributed by atoms with E-state index >= 15 is 0 Å². The van der Waals surface area contributed by atoms with Crippen LogP contribution in [0.5, 0.6) is 0 Å². The molecule has 31 heavy (non-hydrogen) atoms. The Morgan fingerprint density at radius 1 is 0.742 bits per heavy atom. The van der Waals surface area contributed by atoms with Gasteiger partial charge in [0.1, 0.15) is 5.58 Å². The number of nitrogens with zero attached hydrogens (tertiary/aromatic N) is 1. The van der Waals surface area contributed by atoms with Gasteiger partial charge in [0.25, 0.3) is 0 Å². The molecule has 0 aliphatic heterocycles. The van der Waals surface area contributed by atoms with Crippen LogP contribution in [-0.4, -0.2) is 4.98 Å². The average molecular weight is 403 g/mol. The smallest absolute Gasteiger partial charge is 0.336 e. The quantitative estimate of drug-likeness (QED) is 0.248. The number of pyridine rings is 1. The lowest BCUT2D eigenvalue weighted by Gasteiger charge is -2.22. The summed E-state index contributed by atoms with van der Waals surface area (Å²) in [6.45, 7) is 0. The maximum absolute atomic E-state index is 12.2. The van der Waals surface area contributed by atoms with Gasteiger partial charge in [-0.2, -0.15) is 0 Å². The van der Waals surface area contributed by atoms with E-state index in [9.17, 15) is 4.79 Å². The molecule has 5 aromatic rings. The second-order valence-electron chi connectivity index (χ2n) is 8.17. The van der Waals surface area contributed by atoms with Gasteiger partial charge in [0.05, 0.1) is 16.6 Å². The van der Waals surface area contributed by atoms with Gasteiger partial charge in [0.15, 0.2) is 0 Å². The summed E-state index contributed by atoms with van der Waals surface area (Å²) in [5.41, 5.74) is 8.07. The van der Waals surface area contributed by atoms with Crippen molar-refractivity contribution in [1.29, 1.82) is 0 Å². The normalized spacial score (nSPS) is 13.4. The van der Waals surface area contributed by atoms with Crippen LogP contribution in [0.15, 0.2) is 88.1 Å². The highest BCUT2D eigenvalue weighted by Gasteiger charge is 2.23. The molecule has 1 aliphatic rings. The summed E-state index contributed by atoms with van der Waals surface area (Å²) in [7, 11) is 0. The highest BCUT2D eigenvalue weighted by atomic mass is 16.4. The molecule has 0 bridgehead atoms. The fourth-order valence-corrected chi connectivity index (χ4v) is 4.90. The van der Waals surface area contributed by atoms with Gasteiger partial charge in [0.2, 0.25) is 0 Å². The number of aromatic nitrogens is 1. The van der Waals surface area contributed by atoms with Gasteiger partial charge in [-0.05, 0) is 60.1 Å². The first-order chi connectivity index (χ1) is 15.3. The third-order valence-electron chi connectivity index (χ3n) is 6.31. The molecule has 0 amide bonds. The van der Waals surface area contributed by atoms with Crippen LogP contribution >= 0.6 is 0 Å². The molecular weight excluding hydrogens is 382 g/mol. The van der Waals surface area contributed by atoms with Crippen LogP contribution in [0, 0.1) is 0 Å². The average Bonchev–Trinajstić information content (AvgIpc) is 2.84. The first kappa shape index (κ1) is 18.1. The molecule has 0 radical (unpaired) electrons. The van der Waals surface area contributed by atoms with E-state index in [-0.39, 0.29) is 5.63 Å². The Morgan fingerprint density at radius 3 is 2.16 bits per heavy atom. The highest BCUT2D eigenvalue weighted by molar-refractivity contribution is 6.13. The molecule has 1 aliphatic carbocycles. The first-order valence-corrected chi connectivity index (χ1v) is 10.8. The van der Waals surface area contributed by atoms with Crippen molar-refractivity contribution < 1.29 is 4.42 Å². The van der Waals surface area contributed by atoms with Gasteiger partial charge >= 0.3 is 5.63 Å². The maximum atomic E-state index is 12.2. The zero-order valence-electron chi connectivity index (χ0n) is 17.1. The number of hydrogen-bond donors (Lipinski definition) is 0. The summed E-state index contributed by atoms with van der Waals surface area (Å²) in [5, 5.41) is 1.99. The van der Waals surface area contributed by atoms with Crippen LogP contribution in [0.2, 0.25) is 0 Å². The summed E-state index contributed by atoms with van der Waals surface area (Å²) in [5.74, 6) is 0. The van der Waals surface area contributed by atoms with E-state index < -0.39 is 0 Å². The van der Waals surface area contributed by atoms with E-state index in [1.54, 1.807) is 0 Å². The second-order valence-corrected chi connectivity index (χ2v) is 8.17. The van der Waals surface area contributed by atoms with Crippen molar-refractivity contribution in [2.75, 3.05) is 0 Å². The van der Waals surface area contributed by atoms with Gasteiger partial charge in [-0.25, -0.2) is 9.78 Å². The lowest BCUT2D eigenvalue weighted by molar-refractivity contribution is 0.563. The molecule has 2 aromatic heterocycles. The SMILES string of the molecule is O=c1ccc2c3c(c4nc(-c5ccccc5)cc(-c5ccccc5)c4c2o1)CCCC3. The molecule has 3 nitrogen and oxygen atoms in total. The molecule has 0 unspecified atom stereocenters. The fourth-order valence-electron chi connectivity index (χ4n) is 4.90. The third-order valence-corrected chi connectivity index (χ3v) is 6.31. The molecule has 2 heterocycles. The summed E-state index contributed by atoms with van der Waals surface area (Å²) in [6.07, 6.45) is 4.30. The molecule has 0 N–H and O–H groups in total. The molecular formula is C28H21NO2. The molecule has 6 rings (SSSR count). The zero-order valence-corrected chi connectivity index (χ0v) is 17.1. The molecule has 0 atom stereocenters. The number of fused-ring (bicyclic) bond motifs is 6. The molecule has 0 saturated carbocycles. The second kappa shape index (κ2) is 7.21. The standard InChI is InChI=1S/C28H21NO2/c30-25-16-15-22-20-13-7-8-14-21(20)27-26(28(22)31-25)23(18-9-3-1-4-10-18)17-24(29-27)19-11-5-2-6-12-19/h1-6,9-12,15-17H,7-8,13-14H2. The van der Waals surface area contributed by atoms with Crippen molar-refractivity contribution in [1.82, 2.24) is 4.98 Å². The largest absolute Gasteiger partial charge is 0.422 e. The Balaban J connectivity index is 1.83. The molecule has 3 heteroatoms. The fraction of sp³-hybridized carbons (Fsp3) is 0.143. The van der Waals surface area contributed by atoms with Crippen LogP contribution in [0.4, 0.5) is 0 Å². The number of benzene rings is 3. The predicted molar refractivity (Wildman–Crippen MR) is 125 cm³/mol. The van der Waals surface area contributed by atoms with Crippen LogP contribution in [0.1, 0.15) is 24.0 Å². The summed E-state index contributed by atoms with van der Waals surface area (Å²) >= 11 is 0. The van der Waals surface area contributed by atoms with Gasteiger partial charge in [0, 0.05) is 17.0 Å². The highest BCUT2D eigenvalue weighted by Crippen LogP contribution is 2.41. The van der Waals surface area contributed by atoms with E-state index in [1.807, 2.05) is 42.5 Å². The lowest BCUT2D eigenvalue weighted by Crippen LogP contribution is -2.08. The van der Waals surface area contributed by atoms with Crippen molar-refractivity contribution >= 4 is 21.9 Å². The van der Waals surface area contributed by atoms with E-state index in [1.165, 1.54) is 17.2 Å². The van der Waals surface area contributed by atoms with Crippen molar-refractivity contribution in [3.63, 3.8) is 0 Å². The van der Waals surface area contributed by atoms with Crippen molar-refractivity contribution in [2.45, 2.75) is 25.7 Å². The maximum Gasteiger partial charge on any atom is 0.336 e. The van der Waals surface area contributed by atoms with Crippen LogP contribution in [0.3, 0.4) is 0 Å². The third kappa shape index (κ3) is 2.97. The lowest BCUT2D eigenvalue weighted by atomic mass is 9.85. The van der Waals surface area contributed by atoms with E-state index in [4.69, 9.17) is 9.40 Å². The van der Waals surface area contributed by atoms with Crippen molar-refractivity contribution in [3.8, 4) is 22.4 Å². The molecule has 3 aromatic carbocycles. The predicted octanol–water partition coefficient (Wildman–Crippen LogP) is 6.55. The summed E-state index contributed by atoms with van der Waals surface area (Å²) < 4.78 is 5.85.